The van der Waals surface area contributed by atoms with Crippen LogP contribution in [0.15, 0.2) is 48.0 Å². The van der Waals surface area contributed by atoms with Gasteiger partial charge >= 0.3 is 0 Å². The van der Waals surface area contributed by atoms with Gasteiger partial charge in [-0.3, -0.25) is 14.6 Å². The summed E-state index contributed by atoms with van der Waals surface area (Å²) in [6, 6.07) is 13.8. The smallest absolute Gasteiger partial charge is 0.260 e. The second kappa shape index (κ2) is 8.77. The second-order valence-corrected chi connectivity index (χ2v) is 9.16. The fourth-order valence-electron chi connectivity index (χ4n) is 3.68. The number of carbonyl (C=O) groups is 1. The Hall–Kier alpha value is -2.39. The monoisotopic (exact) mass is 438 g/mol. The summed E-state index contributed by atoms with van der Waals surface area (Å²) in [6.45, 7) is 5.07. The summed E-state index contributed by atoms with van der Waals surface area (Å²) in [5.74, 6) is -0.00802. The lowest BCUT2D eigenvalue weighted by molar-refractivity contribution is 0.0376. The molecule has 0 atom stereocenters. The van der Waals surface area contributed by atoms with Crippen molar-refractivity contribution in [2.45, 2.75) is 6.42 Å². The Morgan fingerprint density at radius 3 is 2.83 bits per heavy atom. The molecule has 0 bridgehead atoms. The number of anilines is 1. The maximum absolute atomic E-state index is 13.5. The van der Waals surface area contributed by atoms with Gasteiger partial charge in [-0.25, -0.2) is 9.97 Å². The lowest BCUT2D eigenvalue weighted by Crippen LogP contribution is -2.39. The van der Waals surface area contributed by atoms with Crippen LogP contribution in [-0.4, -0.2) is 60.2 Å². The van der Waals surface area contributed by atoms with Gasteiger partial charge in [0, 0.05) is 31.7 Å². The number of nitrogens with zero attached hydrogens (tertiary/aromatic N) is 4. The molecule has 1 fully saturated rings. The van der Waals surface area contributed by atoms with Crippen LogP contribution < -0.4 is 4.90 Å². The van der Waals surface area contributed by atoms with E-state index in [1.807, 2.05) is 46.8 Å². The minimum Gasteiger partial charge on any atom is -0.379 e. The van der Waals surface area contributed by atoms with Crippen LogP contribution in [0, 0.1) is 0 Å². The van der Waals surface area contributed by atoms with Gasteiger partial charge < -0.3 is 4.74 Å². The van der Waals surface area contributed by atoms with Crippen LogP contribution in [0.5, 0.6) is 0 Å². The van der Waals surface area contributed by atoms with E-state index >= 15 is 0 Å². The summed E-state index contributed by atoms with van der Waals surface area (Å²) in [5.41, 5.74) is 4.35. The van der Waals surface area contributed by atoms with Gasteiger partial charge in [0.25, 0.3) is 5.91 Å². The van der Waals surface area contributed by atoms with Crippen molar-refractivity contribution in [1.82, 2.24) is 14.9 Å². The fraction of sp³-hybridized carbons (Fsp3) is 0.318. The Balaban J connectivity index is 1.41. The minimum absolute atomic E-state index is 0.00802. The van der Waals surface area contributed by atoms with Crippen molar-refractivity contribution >= 4 is 54.1 Å². The lowest BCUT2D eigenvalue weighted by Gasteiger charge is -2.27. The molecule has 30 heavy (non-hydrogen) atoms. The van der Waals surface area contributed by atoms with Crippen molar-refractivity contribution in [3.05, 3.63) is 53.5 Å². The fourth-order valence-corrected chi connectivity index (χ4v) is 5.39. The number of para-hydroxylation sites is 1. The summed E-state index contributed by atoms with van der Waals surface area (Å²) >= 11 is 3.12. The second-order valence-electron chi connectivity index (χ2n) is 7.26. The third-order valence-electron chi connectivity index (χ3n) is 5.30. The number of ether oxygens (including phenoxy) is 1. The minimum atomic E-state index is -0.00802. The SMILES string of the molecule is O=C(c1ccc2ncsc2c1)N(CCCN1CCOCC1)c1nc2ccccc2s1. The van der Waals surface area contributed by atoms with Gasteiger partial charge in [-0.1, -0.05) is 23.5 Å². The van der Waals surface area contributed by atoms with Crippen LogP contribution in [0.25, 0.3) is 20.4 Å². The first-order valence-corrected chi connectivity index (χ1v) is 11.8. The van der Waals surface area contributed by atoms with Crippen molar-refractivity contribution < 1.29 is 9.53 Å². The molecule has 0 aliphatic carbocycles. The number of aromatic nitrogens is 2. The molecule has 1 aliphatic heterocycles. The first-order chi connectivity index (χ1) is 14.8. The van der Waals surface area contributed by atoms with E-state index in [2.05, 4.69) is 16.0 Å². The van der Waals surface area contributed by atoms with Crippen molar-refractivity contribution in [3.63, 3.8) is 0 Å². The molecule has 2 aromatic heterocycles. The molecule has 1 amide bonds. The maximum Gasteiger partial charge on any atom is 0.260 e. The van der Waals surface area contributed by atoms with E-state index in [9.17, 15) is 4.79 Å². The zero-order valence-corrected chi connectivity index (χ0v) is 18.1. The largest absolute Gasteiger partial charge is 0.379 e. The predicted molar refractivity (Wildman–Crippen MR) is 123 cm³/mol. The summed E-state index contributed by atoms with van der Waals surface area (Å²) in [7, 11) is 0. The molecule has 4 aromatic rings. The van der Waals surface area contributed by atoms with E-state index in [1.165, 1.54) is 0 Å². The molecule has 6 nitrogen and oxygen atoms in total. The quantitative estimate of drug-likeness (QED) is 0.450. The van der Waals surface area contributed by atoms with Crippen LogP contribution in [0.4, 0.5) is 5.13 Å². The highest BCUT2D eigenvalue weighted by Gasteiger charge is 2.22. The highest BCUT2D eigenvalue weighted by molar-refractivity contribution is 7.22. The molecule has 0 saturated carbocycles. The number of hydrogen-bond acceptors (Lipinski definition) is 7. The molecule has 0 spiro atoms. The van der Waals surface area contributed by atoms with Gasteiger partial charge in [0.1, 0.15) is 0 Å². The van der Waals surface area contributed by atoms with Gasteiger partial charge in [-0.05, 0) is 36.8 Å². The molecule has 3 heterocycles. The third-order valence-corrected chi connectivity index (χ3v) is 7.15. The summed E-state index contributed by atoms with van der Waals surface area (Å²) in [6.07, 6.45) is 0.893. The lowest BCUT2D eigenvalue weighted by atomic mass is 10.2. The van der Waals surface area contributed by atoms with Crippen LogP contribution in [0.3, 0.4) is 0 Å². The standard InChI is InChI=1S/C22H22N4O2S2/c27-21(16-6-7-17-20(14-16)29-15-23-17)26(9-3-8-25-10-12-28-13-11-25)22-24-18-4-1-2-5-19(18)30-22/h1-2,4-7,14-15H,3,8-13H2. The van der Waals surface area contributed by atoms with E-state index in [0.29, 0.717) is 12.1 Å². The average Bonchev–Trinajstić information content (AvgIpc) is 3.43. The number of hydrogen-bond donors (Lipinski definition) is 0. The zero-order valence-electron chi connectivity index (χ0n) is 16.5. The number of thiazole rings is 2. The van der Waals surface area contributed by atoms with Crippen molar-refractivity contribution in [3.8, 4) is 0 Å². The first-order valence-electron chi connectivity index (χ1n) is 10.1. The summed E-state index contributed by atoms with van der Waals surface area (Å²) in [4.78, 5) is 26.8. The molecule has 1 saturated heterocycles. The Labute approximate surface area is 182 Å². The molecule has 0 unspecified atom stereocenters. The highest BCUT2D eigenvalue weighted by atomic mass is 32.1. The van der Waals surface area contributed by atoms with Gasteiger partial charge in [0.15, 0.2) is 5.13 Å². The molecule has 0 N–H and O–H groups in total. The Morgan fingerprint density at radius 1 is 1.10 bits per heavy atom. The number of carbonyl (C=O) groups excluding carboxylic acids is 1. The number of rotatable bonds is 6. The van der Waals surface area contributed by atoms with E-state index < -0.39 is 0 Å². The maximum atomic E-state index is 13.5. The predicted octanol–water partition coefficient (Wildman–Crippen LogP) is 4.28. The van der Waals surface area contributed by atoms with Crippen molar-refractivity contribution in [2.24, 2.45) is 0 Å². The molecule has 2 aromatic carbocycles. The molecule has 5 rings (SSSR count). The third kappa shape index (κ3) is 4.09. The van der Waals surface area contributed by atoms with Crippen molar-refractivity contribution in [1.29, 1.82) is 0 Å². The molecule has 8 heteroatoms. The average molecular weight is 439 g/mol. The molecular weight excluding hydrogens is 416 g/mol. The molecule has 1 aliphatic rings. The number of amides is 1. The number of benzene rings is 2. The zero-order chi connectivity index (χ0) is 20.3. The highest BCUT2D eigenvalue weighted by Crippen LogP contribution is 2.30. The Kier molecular flexibility index (Phi) is 5.72. The van der Waals surface area contributed by atoms with Gasteiger partial charge in [0.05, 0.1) is 39.2 Å². The normalized spacial score (nSPS) is 15.1. The van der Waals surface area contributed by atoms with Crippen LogP contribution in [0.1, 0.15) is 16.8 Å². The van der Waals surface area contributed by atoms with Gasteiger partial charge in [-0.15, -0.1) is 11.3 Å². The summed E-state index contributed by atoms with van der Waals surface area (Å²) in [5, 5.41) is 0.757. The first kappa shape index (κ1) is 19.6. The molecule has 154 valence electrons. The van der Waals surface area contributed by atoms with E-state index in [0.717, 1.165) is 64.8 Å². The topological polar surface area (TPSA) is 58.6 Å². The van der Waals surface area contributed by atoms with E-state index in [1.54, 1.807) is 22.7 Å². The van der Waals surface area contributed by atoms with Gasteiger partial charge in [0.2, 0.25) is 0 Å². The van der Waals surface area contributed by atoms with Crippen LogP contribution in [0.2, 0.25) is 0 Å². The number of morpholine rings is 1. The molecule has 0 radical (unpaired) electrons. The van der Waals surface area contributed by atoms with E-state index in [4.69, 9.17) is 9.72 Å². The summed E-state index contributed by atoms with van der Waals surface area (Å²) < 4.78 is 7.56. The molecular formula is C22H22N4O2S2. The van der Waals surface area contributed by atoms with Crippen molar-refractivity contribution in [2.75, 3.05) is 44.3 Å². The van der Waals surface area contributed by atoms with Crippen LogP contribution in [-0.2, 0) is 4.74 Å². The van der Waals surface area contributed by atoms with Gasteiger partial charge in [-0.2, -0.15) is 0 Å². The van der Waals surface area contributed by atoms with Crippen LogP contribution >= 0.6 is 22.7 Å². The van der Waals surface area contributed by atoms with E-state index in [-0.39, 0.29) is 5.91 Å². The number of fused-ring (bicyclic) bond motifs is 2. The Bertz CT molecular complexity index is 1130. The Morgan fingerprint density at radius 2 is 1.97 bits per heavy atom.